The standard InChI is InChI=1S/C17H21FN4O/c1-20(2)12-15-11-19-16-6-7-21(8-9-22(15)16)17(23)13-4-3-5-14(18)10-13/h3-5,10-11H,6-9,12H2,1-2H3. The van der Waals surface area contributed by atoms with E-state index in [0.717, 1.165) is 24.6 Å². The van der Waals surface area contributed by atoms with Crippen LogP contribution in [-0.4, -0.2) is 52.4 Å². The van der Waals surface area contributed by atoms with Gasteiger partial charge in [-0.2, -0.15) is 0 Å². The summed E-state index contributed by atoms with van der Waals surface area (Å²) in [4.78, 5) is 20.9. The van der Waals surface area contributed by atoms with E-state index in [9.17, 15) is 9.18 Å². The molecule has 0 radical (unpaired) electrons. The summed E-state index contributed by atoms with van der Waals surface area (Å²) in [5.41, 5.74) is 1.56. The lowest BCUT2D eigenvalue weighted by Gasteiger charge is -2.20. The molecule has 0 unspecified atom stereocenters. The van der Waals surface area contributed by atoms with E-state index in [1.54, 1.807) is 17.0 Å². The third-order valence-corrected chi connectivity index (χ3v) is 4.06. The summed E-state index contributed by atoms with van der Waals surface area (Å²) in [5.74, 6) is 0.507. The molecular formula is C17H21FN4O. The summed E-state index contributed by atoms with van der Waals surface area (Å²) >= 11 is 0. The first-order valence-electron chi connectivity index (χ1n) is 7.77. The second kappa shape index (κ2) is 6.50. The van der Waals surface area contributed by atoms with Crippen LogP contribution in [0.5, 0.6) is 0 Å². The van der Waals surface area contributed by atoms with E-state index in [0.29, 0.717) is 25.1 Å². The Morgan fingerprint density at radius 1 is 1.30 bits per heavy atom. The molecule has 1 aromatic carbocycles. The lowest BCUT2D eigenvalue weighted by atomic mass is 10.2. The lowest BCUT2D eigenvalue weighted by Crippen LogP contribution is -2.33. The molecule has 0 saturated heterocycles. The van der Waals surface area contributed by atoms with Gasteiger partial charge in [0.15, 0.2) is 0 Å². The van der Waals surface area contributed by atoms with Crippen LogP contribution in [0, 0.1) is 5.82 Å². The van der Waals surface area contributed by atoms with E-state index < -0.39 is 0 Å². The molecule has 0 spiro atoms. The van der Waals surface area contributed by atoms with Crippen molar-refractivity contribution in [1.29, 1.82) is 0 Å². The molecule has 0 aliphatic carbocycles. The predicted octanol–water partition coefficient (Wildman–Crippen LogP) is 1.78. The predicted molar refractivity (Wildman–Crippen MR) is 85.6 cm³/mol. The topological polar surface area (TPSA) is 41.4 Å². The molecule has 0 atom stereocenters. The van der Waals surface area contributed by atoms with Crippen molar-refractivity contribution in [3.63, 3.8) is 0 Å². The van der Waals surface area contributed by atoms with Crippen molar-refractivity contribution < 1.29 is 9.18 Å². The zero-order chi connectivity index (χ0) is 16.4. The summed E-state index contributed by atoms with van der Waals surface area (Å²) in [6.45, 7) is 2.76. The molecule has 0 bridgehead atoms. The van der Waals surface area contributed by atoms with Crippen LogP contribution in [0.3, 0.4) is 0 Å². The fourth-order valence-electron chi connectivity index (χ4n) is 2.95. The van der Waals surface area contributed by atoms with Crippen LogP contribution in [0.15, 0.2) is 30.5 Å². The summed E-state index contributed by atoms with van der Waals surface area (Å²) in [6, 6.07) is 5.87. The number of benzene rings is 1. The Morgan fingerprint density at radius 2 is 2.13 bits per heavy atom. The van der Waals surface area contributed by atoms with E-state index in [2.05, 4.69) is 14.5 Å². The maximum atomic E-state index is 13.3. The van der Waals surface area contributed by atoms with Gasteiger partial charge < -0.3 is 14.4 Å². The number of carbonyl (C=O) groups excluding carboxylic acids is 1. The average Bonchev–Trinajstić information content (AvgIpc) is 2.76. The van der Waals surface area contributed by atoms with Crippen LogP contribution in [0.4, 0.5) is 4.39 Å². The van der Waals surface area contributed by atoms with Crippen LogP contribution in [0.2, 0.25) is 0 Å². The van der Waals surface area contributed by atoms with Gasteiger partial charge in [-0.25, -0.2) is 9.37 Å². The van der Waals surface area contributed by atoms with E-state index in [4.69, 9.17) is 0 Å². The van der Waals surface area contributed by atoms with Gasteiger partial charge in [0, 0.05) is 44.4 Å². The smallest absolute Gasteiger partial charge is 0.254 e. The van der Waals surface area contributed by atoms with Crippen molar-refractivity contribution >= 4 is 5.91 Å². The molecule has 3 rings (SSSR count). The highest BCUT2D eigenvalue weighted by atomic mass is 19.1. The van der Waals surface area contributed by atoms with Crippen LogP contribution in [-0.2, 0) is 19.5 Å². The second-order valence-electron chi connectivity index (χ2n) is 6.11. The molecule has 5 nitrogen and oxygen atoms in total. The number of nitrogens with zero attached hydrogens (tertiary/aromatic N) is 4. The van der Waals surface area contributed by atoms with Gasteiger partial charge in [-0.1, -0.05) is 6.07 Å². The molecular weight excluding hydrogens is 295 g/mol. The second-order valence-corrected chi connectivity index (χ2v) is 6.11. The zero-order valence-corrected chi connectivity index (χ0v) is 13.5. The van der Waals surface area contributed by atoms with Crippen molar-refractivity contribution in [1.82, 2.24) is 19.4 Å². The monoisotopic (exact) mass is 316 g/mol. The van der Waals surface area contributed by atoms with Crippen LogP contribution >= 0.6 is 0 Å². The molecule has 0 fully saturated rings. The van der Waals surface area contributed by atoms with E-state index in [-0.39, 0.29) is 11.7 Å². The molecule has 6 heteroatoms. The zero-order valence-electron chi connectivity index (χ0n) is 13.5. The molecule has 122 valence electrons. The number of amides is 1. The van der Waals surface area contributed by atoms with Crippen molar-refractivity contribution in [3.8, 4) is 0 Å². The quantitative estimate of drug-likeness (QED) is 0.867. The summed E-state index contributed by atoms with van der Waals surface area (Å²) in [5, 5.41) is 0. The summed E-state index contributed by atoms with van der Waals surface area (Å²) in [7, 11) is 4.05. The number of hydrogen-bond acceptors (Lipinski definition) is 3. The third kappa shape index (κ3) is 3.42. The molecule has 2 aromatic rings. The number of imidazole rings is 1. The van der Waals surface area contributed by atoms with Crippen molar-refractivity contribution in [2.24, 2.45) is 0 Å². The van der Waals surface area contributed by atoms with E-state index in [1.165, 1.54) is 12.1 Å². The third-order valence-electron chi connectivity index (χ3n) is 4.06. The maximum Gasteiger partial charge on any atom is 0.254 e. The van der Waals surface area contributed by atoms with Crippen molar-refractivity contribution in [2.75, 3.05) is 27.2 Å². The maximum absolute atomic E-state index is 13.3. The van der Waals surface area contributed by atoms with Gasteiger partial charge in [-0.15, -0.1) is 0 Å². The first-order chi connectivity index (χ1) is 11.0. The Balaban J connectivity index is 1.75. The molecule has 2 heterocycles. The van der Waals surface area contributed by atoms with E-state index >= 15 is 0 Å². The Morgan fingerprint density at radius 3 is 2.87 bits per heavy atom. The number of fused-ring (bicyclic) bond motifs is 1. The van der Waals surface area contributed by atoms with Gasteiger partial charge in [0.25, 0.3) is 5.91 Å². The first-order valence-corrected chi connectivity index (χ1v) is 7.77. The first kappa shape index (κ1) is 15.7. The molecule has 0 saturated carbocycles. The van der Waals surface area contributed by atoms with Crippen molar-refractivity contribution in [3.05, 3.63) is 53.4 Å². The van der Waals surface area contributed by atoms with Crippen LogP contribution < -0.4 is 0 Å². The number of aromatic nitrogens is 2. The van der Waals surface area contributed by atoms with Crippen LogP contribution in [0.25, 0.3) is 0 Å². The van der Waals surface area contributed by atoms with Crippen LogP contribution in [0.1, 0.15) is 21.9 Å². The fourth-order valence-corrected chi connectivity index (χ4v) is 2.95. The normalized spacial score (nSPS) is 14.7. The Kier molecular flexibility index (Phi) is 4.43. The highest BCUT2D eigenvalue weighted by Gasteiger charge is 2.22. The molecule has 1 aliphatic rings. The Bertz CT molecular complexity index is 710. The molecule has 23 heavy (non-hydrogen) atoms. The minimum atomic E-state index is -0.383. The molecule has 1 amide bonds. The Hall–Kier alpha value is -2.21. The molecule has 0 N–H and O–H groups in total. The van der Waals surface area contributed by atoms with Crippen molar-refractivity contribution in [2.45, 2.75) is 19.5 Å². The van der Waals surface area contributed by atoms with Gasteiger partial charge in [-0.3, -0.25) is 4.79 Å². The minimum Gasteiger partial charge on any atom is -0.336 e. The number of halogens is 1. The van der Waals surface area contributed by atoms with Gasteiger partial charge >= 0.3 is 0 Å². The lowest BCUT2D eigenvalue weighted by molar-refractivity contribution is 0.0758. The average molecular weight is 316 g/mol. The van der Waals surface area contributed by atoms with Gasteiger partial charge in [-0.05, 0) is 32.3 Å². The van der Waals surface area contributed by atoms with Gasteiger partial charge in [0.2, 0.25) is 0 Å². The SMILES string of the molecule is CN(C)Cc1cnc2n1CCN(C(=O)c1cccc(F)c1)CC2. The summed E-state index contributed by atoms with van der Waals surface area (Å²) < 4.78 is 15.5. The highest BCUT2D eigenvalue weighted by Crippen LogP contribution is 2.15. The summed E-state index contributed by atoms with van der Waals surface area (Å²) in [6.07, 6.45) is 2.63. The van der Waals surface area contributed by atoms with Gasteiger partial charge in [0.1, 0.15) is 11.6 Å². The number of rotatable bonds is 3. The Labute approximate surface area is 135 Å². The molecule has 1 aromatic heterocycles. The highest BCUT2D eigenvalue weighted by molar-refractivity contribution is 5.94. The van der Waals surface area contributed by atoms with E-state index in [1.807, 2.05) is 20.3 Å². The van der Waals surface area contributed by atoms with Gasteiger partial charge in [0.05, 0.1) is 5.69 Å². The minimum absolute atomic E-state index is 0.121. The largest absolute Gasteiger partial charge is 0.336 e. The number of carbonyl (C=O) groups is 1. The number of hydrogen-bond donors (Lipinski definition) is 0. The molecule has 1 aliphatic heterocycles. The fraction of sp³-hybridized carbons (Fsp3) is 0.412.